The van der Waals surface area contributed by atoms with E-state index in [4.69, 9.17) is 0 Å². The highest BCUT2D eigenvalue weighted by Crippen LogP contribution is 2.30. The molecule has 0 spiro atoms. The molecule has 1 aromatic heterocycles. The molecule has 88 valence electrons. The third-order valence-electron chi connectivity index (χ3n) is 2.98. The van der Waals surface area contributed by atoms with Crippen molar-refractivity contribution in [2.24, 2.45) is 0 Å². The lowest BCUT2D eigenvalue weighted by Crippen LogP contribution is -2.39. The molecule has 1 aliphatic rings. The molecule has 4 heteroatoms. The van der Waals surface area contributed by atoms with E-state index >= 15 is 0 Å². The number of pyridine rings is 1. The van der Waals surface area contributed by atoms with E-state index in [0.29, 0.717) is 5.69 Å². The summed E-state index contributed by atoms with van der Waals surface area (Å²) in [6, 6.07) is 3.82. The topological polar surface area (TPSA) is 54.3 Å². The monoisotopic (exact) mass is 222 g/mol. The zero-order chi connectivity index (χ0) is 11.7. The summed E-state index contributed by atoms with van der Waals surface area (Å²) in [5.74, 6) is 0. The van der Waals surface area contributed by atoms with E-state index < -0.39 is 0 Å². The third-order valence-corrected chi connectivity index (χ3v) is 2.98. The maximum Gasteiger partial charge on any atom is 0.274 e. The first kappa shape index (κ1) is 11.2. The van der Waals surface area contributed by atoms with Crippen LogP contribution in [0.25, 0.3) is 0 Å². The fourth-order valence-corrected chi connectivity index (χ4v) is 1.98. The zero-order valence-electron chi connectivity index (χ0n) is 9.68. The Hall–Kier alpha value is -1.29. The second-order valence-corrected chi connectivity index (χ2v) is 4.65. The lowest BCUT2D eigenvalue weighted by molar-refractivity contribution is 0.0300. The van der Waals surface area contributed by atoms with Crippen LogP contribution in [0.1, 0.15) is 32.7 Å². The normalized spacial score (nSPS) is 24.2. The van der Waals surface area contributed by atoms with Crippen LogP contribution in [0.5, 0.6) is 0 Å². The van der Waals surface area contributed by atoms with E-state index in [1.807, 2.05) is 19.9 Å². The number of aliphatic hydroxyl groups excluding tert-OH is 1. The molecule has 0 amide bonds. The van der Waals surface area contributed by atoms with E-state index in [1.165, 1.54) is 0 Å². The molecular weight excluding hydrogens is 204 g/mol. The van der Waals surface area contributed by atoms with Gasteiger partial charge in [0.05, 0.1) is 12.1 Å². The number of rotatable bonds is 3. The van der Waals surface area contributed by atoms with Crippen molar-refractivity contribution >= 4 is 5.69 Å². The Morgan fingerprint density at radius 3 is 2.75 bits per heavy atom. The predicted molar refractivity (Wildman–Crippen MR) is 63.7 cm³/mol. The summed E-state index contributed by atoms with van der Waals surface area (Å²) in [5.41, 5.74) is 0.566. The van der Waals surface area contributed by atoms with Crippen molar-refractivity contribution in [2.45, 2.75) is 44.9 Å². The van der Waals surface area contributed by atoms with Crippen molar-refractivity contribution < 1.29 is 5.11 Å². The van der Waals surface area contributed by atoms with Gasteiger partial charge >= 0.3 is 0 Å². The highest BCUT2D eigenvalue weighted by molar-refractivity contribution is 5.41. The molecule has 2 atom stereocenters. The van der Waals surface area contributed by atoms with Gasteiger partial charge in [-0.25, -0.2) is 0 Å². The number of hydrogen-bond acceptors (Lipinski definition) is 3. The Labute approximate surface area is 94.9 Å². The van der Waals surface area contributed by atoms with Crippen LogP contribution in [0.4, 0.5) is 5.69 Å². The molecular formula is C12H18N2O2. The molecule has 1 aliphatic carbocycles. The Bertz CT molecular complexity index is 425. The van der Waals surface area contributed by atoms with Crippen molar-refractivity contribution in [2.75, 3.05) is 5.32 Å². The van der Waals surface area contributed by atoms with E-state index in [-0.39, 0.29) is 23.7 Å². The van der Waals surface area contributed by atoms with Gasteiger partial charge in [0, 0.05) is 12.2 Å². The smallest absolute Gasteiger partial charge is 0.274 e. The first-order chi connectivity index (χ1) is 7.59. The maximum absolute atomic E-state index is 12.1. The molecule has 0 aromatic carbocycles. The van der Waals surface area contributed by atoms with Crippen LogP contribution >= 0.6 is 0 Å². The second kappa shape index (κ2) is 4.29. The summed E-state index contributed by atoms with van der Waals surface area (Å²) in [5, 5.41) is 12.7. The highest BCUT2D eigenvalue weighted by Gasteiger charge is 2.31. The van der Waals surface area contributed by atoms with Gasteiger partial charge in [0.1, 0.15) is 5.69 Å². The Morgan fingerprint density at radius 1 is 1.50 bits per heavy atom. The van der Waals surface area contributed by atoms with Crippen LogP contribution in [0.2, 0.25) is 0 Å². The molecule has 0 unspecified atom stereocenters. The largest absolute Gasteiger partial charge is 0.391 e. The maximum atomic E-state index is 12.1. The van der Waals surface area contributed by atoms with Gasteiger partial charge in [-0.1, -0.05) is 0 Å². The SMILES string of the molecule is CC(C)Nc1cccn([C@@H]2CC[C@@H]2O)c1=O. The van der Waals surface area contributed by atoms with E-state index in [1.54, 1.807) is 16.8 Å². The Balaban J connectivity index is 2.29. The van der Waals surface area contributed by atoms with E-state index in [9.17, 15) is 9.90 Å². The molecule has 2 rings (SSSR count). The molecule has 1 fully saturated rings. The van der Waals surface area contributed by atoms with Crippen LogP contribution in [0.15, 0.2) is 23.1 Å². The lowest BCUT2D eigenvalue weighted by Gasteiger charge is -2.34. The average molecular weight is 222 g/mol. The first-order valence-corrected chi connectivity index (χ1v) is 5.75. The molecule has 16 heavy (non-hydrogen) atoms. The van der Waals surface area contributed by atoms with E-state index in [0.717, 1.165) is 12.8 Å². The Morgan fingerprint density at radius 2 is 2.25 bits per heavy atom. The quantitative estimate of drug-likeness (QED) is 0.812. The van der Waals surface area contributed by atoms with Crippen molar-refractivity contribution in [1.29, 1.82) is 0 Å². The number of anilines is 1. The van der Waals surface area contributed by atoms with Crippen molar-refractivity contribution in [3.05, 3.63) is 28.7 Å². The number of hydrogen-bond donors (Lipinski definition) is 2. The van der Waals surface area contributed by atoms with Crippen LogP contribution in [-0.4, -0.2) is 21.8 Å². The molecule has 2 N–H and O–H groups in total. The molecule has 1 heterocycles. The molecule has 0 saturated heterocycles. The summed E-state index contributed by atoms with van der Waals surface area (Å²) in [6.45, 7) is 3.99. The van der Waals surface area contributed by atoms with Crippen molar-refractivity contribution in [1.82, 2.24) is 4.57 Å². The number of aromatic nitrogens is 1. The number of nitrogens with zero attached hydrogens (tertiary/aromatic N) is 1. The fourth-order valence-electron chi connectivity index (χ4n) is 1.98. The molecule has 1 aromatic rings. The average Bonchev–Trinajstić information content (AvgIpc) is 2.21. The minimum absolute atomic E-state index is 0.0404. The fraction of sp³-hybridized carbons (Fsp3) is 0.583. The van der Waals surface area contributed by atoms with Crippen LogP contribution in [0, 0.1) is 0 Å². The van der Waals surface area contributed by atoms with Gasteiger partial charge in [0.15, 0.2) is 0 Å². The summed E-state index contributed by atoms with van der Waals surface area (Å²) in [7, 11) is 0. The third kappa shape index (κ3) is 1.97. The van der Waals surface area contributed by atoms with Gasteiger partial charge in [0.25, 0.3) is 5.56 Å². The number of aliphatic hydroxyl groups is 1. The minimum atomic E-state index is -0.369. The highest BCUT2D eigenvalue weighted by atomic mass is 16.3. The predicted octanol–water partition coefficient (Wildman–Crippen LogP) is 1.36. The molecule has 0 bridgehead atoms. The van der Waals surface area contributed by atoms with Gasteiger partial charge in [-0.2, -0.15) is 0 Å². The lowest BCUT2D eigenvalue weighted by atomic mass is 9.89. The second-order valence-electron chi connectivity index (χ2n) is 4.65. The van der Waals surface area contributed by atoms with Gasteiger partial charge < -0.3 is 15.0 Å². The standard InChI is InChI=1S/C12H18N2O2/c1-8(2)13-9-4-3-7-14(12(9)16)10-5-6-11(10)15/h3-4,7-8,10-11,13,15H,5-6H2,1-2H3/t10-,11+/m1/s1. The summed E-state index contributed by atoms with van der Waals surface area (Å²) in [6.07, 6.45) is 3.05. The van der Waals surface area contributed by atoms with Crippen LogP contribution in [0.3, 0.4) is 0 Å². The van der Waals surface area contributed by atoms with Gasteiger partial charge in [-0.3, -0.25) is 4.79 Å². The first-order valence-electron chi connectivity index (χ1n) is 5.75. The number of nitrogens with one attached hydrogen (secondary N) is 1. The molecule has 1 saturated carbocycles. The van der Waals surface area contributed by atoms with E-state index in [2.05, 4.69) is 5.32 Å². The summed E-state index contributed by atoms with van der Waals surface area (Å²) < 4.78 is 1.64. The zero-order valence-corrected chi connectivity index (χ0v) is 9.68. The Kier molecular flexibility index (Phi) is 3.01. The summed E-state index contributed by atoms with van der Waals surface area (Å²) in [4.78, 5) is 12.1. The van der Waals surface area contributed by atoms with Crippen molar-refractivity contribution in [3.8, 4) is 0 Å². The van der Waals surface area contributed by atoms with Gasteiger partial charge in [-0.15, -0.1) is 0 Å². The van der Waals surface area contributed by atoms with Crippen molar-refractivity contribution in [3.63, 3.8) is 0 Å². The molecule has 0 aliphatic heterocycles. The van der Waals surface area contributed by atoms with Gasteiger partial charge in [-0.05, 0) is 38.8 Å². The molecule has 0 radical (unpaired) electrons. The van der Waals surface area contributed by atoms with Gasteiger partial charge in [0.2, 0.25) is 0 Å². The van der Waals surface area contributed by atoms with Crippen LogP contribution in [-0.2, 0) is 0 Å². The minimum Gasteiger partial charge on any atom is -0.391 e. The molecule has 4 nitrogen and oxygen atoms in total. The summed E-state index contributed by atoms with van der Waals surface area (Å²) >= 11 is 0. The van der Waals surface area contributed by atoms with Crippen LogP contribution < -0.4 is 10.9 Å².